The molecule has 0 aliphatic carbocycles. The first-order valence-electron chi connectivity index (χ1n) is 5.30. The summed E-state index contributed by atoms with van der Waals surface area (Å²) >= 11 is 0. The van der Waals surface area contributed by atoms with Crippen LogP contribution in [0.3, 0.4) is 0 Å². The van der Waals surface area contributed by atoms with E-state index in [9.17, 15) is 4.39 Å². The molecule has 1 rings (SSSR count). The summed E-state index contributed by atoms with van der Waals surface area (Å²) < 4.78 is 13.7. The Morgan fingerprint density at radius 1 is 1.21 bits per heavy atom. The molecule has 1 heteroatoms. The lowest BCUT2D eigenvalue weighted by molar-refractivity contribution is 0.464. The molecule has 0 saturated heterocycles. The Kier molecular flexibility index (Phi) is 3.30. The van der Waals surface area contributed by atoms with Crippen molar-refractivity contribution in [3.05, 3.63) is 35.1 Å². The molecular formula is C13H19F. The third-order valence-corrected chi connectivity index (χ3v) is 3.04. The van der Waals surface area contributed by atoms with Gasteiger partial charge in [-0.25, -0.2) is 4.39 Å². The SMILES string of the molecule is CCc1cccc(F)c1C(C)(C)CC. The summed E-state index contributed by atoms with van der Waals surface area (Å²) in [6.07, 6.45) is 1.86. The second-order valence-corrected chi connectivity index (χ2v) is 4.36. The minimum Gasteiger partial charge on any atom is -0.207 e. The fourth-order valence-electron chi connectivity index (χ4n) is 1.80. The van der Waals surface area contributed by atoms with Gasteiger partial charge < -0.3 is 0 Å². The quantitative estimate of drug-likeness (QED) is 0.680. The lowest BCUT2D eigenvalue weighted by Gasteiger charge is -2.26. The number of hydrogen-bond donors (Lipinski definition) is 0. The highest BCUT2D eigenvalue weighted by Crippen LogP contribution is 2.31. The van der Waals surface area contributed by atoms with Crippen LogP contribution in [0.4, 0.5) is 4.39 Å². The zero-order chi connectivity index (χ0) is 10.8. The molecule has 0 aliphatic heterocycles. The average molecular weight is 194 g/mol. The first-order valence-corrected chi connectivity index (χ1v) is 5.30. The van der Waals surface area contributed by atoms with Gasteiger partial charge in [0, 0.05) is 0 Å². The van der Waals surface area contributed by atoms with Crippen LogP contribution in [0.1, 0.15) is 45.2 Å². The van der Waals surface area contributed by atoms with Crippen LogP contribution >= 0.6 is 0 Å². The third kappa shape index (κ3) is 1.97. The minimum absolute atomic E-state index is 0.0588. The van der Waals surface area contributed by atoms with Crippen LogP contribution in [0.15, 0.2) is 18.2 Å². The van der Waals surface area contributed by atoms with Crippen molar-refractivity contribution >= 4 is 0 Å². The predicted octanol–water partition coefficient (Wildman–Crippen LogP) is 4.08. The van der Waals surface area contributed by atoms with E-state index in [1.54, 1.807) is 12.1 Å². The number of hydrogen-bond acceptors (Lipinski definition) is 0. The Hall–Kier alpha value is -0.850. The van der Waals surface area contributed by atoms with Crippen molar-refractivity contribution in [1.82, 2.24) is 0 Å². The molecule has 0 nitrogen and oxygen atoms in total. The van der Waals surface area contributed by atoms with Crippen molar-refractivity contribution in [2.24, 2.45) is 0 Å². The Morgan fingerprint density at radius 3 is 2.36 bits per heavy atom. The van der Waals surface area contributed by atoms with Crippen LogP contribution in [-0.2, 0) is 11.8 Å². The molecule has 0 N–H and O–H groups in total. The van der Waals surface area contributed by atoms with Crippen molar-refractivity contribution in [3.8, 4) is 0 Å². The molecule has 0 heterocycles. The first-order chi connectivity index (χ1) is 6.53. The van der Waals surface area contributed by atoms with Gasteiger partial charge in [-0.1, -0.05) is 39.8 Å². The molecule has 1 aromatic carbocycles. The monoisotopic (exact) mass is 194 g/mol. The Morgan fingerprint density at radius 2 is 1.86 bits per heavy atom. The molecule has 0 aliphatic rings. The molecule has 0 spiro atoms. The normalized spacial score (nSPS) is 11.8. The van der Waals surface area contributed by atoms with E-state index >= 15 is 0 Å². The molecule has 14 heavy (non-hydrogen) atoms. The summed E-state index contributed by atoms with van der Waals surface area (Å²) in [6, 6.07) is 5.38. The van der Waals surface area contributed by atoms with Crippen molar-refractivity contribution in [1.29, 1.82) is 0 Å². The van der Waals surface area contributed by atoms with Crippen molar-refractivity contribution in [2.75, 3.05) is 0 Å². The van der Waals surface area contributed by atoms with Crippen LogP contribution in [0, 0.1) is 5.82 Å². The molecular weight excluding hydrogens is 175 g/mol. The fourth-order valence-corrected chi connectivity index (χ4v) is 1.80. The number of aryl methyl sites for hydroxylation is 1. The van der Waals surface area contributed by atoms with E-state index in [1.807, 2.05) is 6.07 Å². The van der Waals surface area contributed by atoms with Crippen LogP contribution in [0.25, 0.3) is 0 Å². The van der Waals surface area contributed by atoms with Crippen LogP contribution in [0.5, 0.6) is 0 Å². The molecule has 1 aromatic rings. The second kappa shape index (κ2) is 4.12. The molecule has 0 saturated carbocycles. The smallest absolute Gasteiger partial charge is 0.127 e. The highest BCUT2D eigenvalue weighted by Gasteiger charge is 2.24. The molecule has 0 unspecified atom stereocenters. The van der Waals surface area contributed by atoms with E-state index in [-0.39, 0.29) is 11.2 Å². The topological polar surface area (TPSA) is 0 Å². The maximum atomic E-state index is 13.7. The minimum atomic E-state index is -0.0591. The second-order valence-electron chi connectivity index (χ2n) is 4.36. The van der Waals surface area contributed by atoms with Gasteiger partial charge in [0.2, 0.25) is 0 Å². The van der Waals surface area contributed by atoms with Gasteiger partial charge in [0.05, 0.1) is 0 Å². The van der Waals surface area contributed by atoms with Gasteiger partial charge in [0.1, 0.15) is 5.82 Å². The molecule has 78 valence electrons. The summed E-state index contributed by atoms with van der Waals surface area (Å²) in [5.41, 5.74) is 1.97. The van der Waals surface area contributed by atoms with Gasteiger partial charge in [-0.3, -0.25) is 0 Å². The van der Waals surface area contributed by atoms with E-state index in [0.29, 0.717) is 0 Å². The van der Waals surface area contributed by atoms with Gasteiger partial charge in [0.25, 0.3) is 0 Å². The van der Waals surface area contributed by atoms with E-state index < -0.39 is 0 Å². The summed E-state index contributed by atoms with van der Waals surface area (Å²) in [4.78, 5) is 0. The average Bonchev–Trinajstić information content (AvgIpc) is 2.17. The summed E-state index contributed by atoms with van der Waals surface area (Å²) in [5, 5.41) is 0. The van der Waals surface area contributed by atoms with E-state index in [4.69, 9.17) is 0 Å². The lowest BCUT2D eigenvalue weighted by Crippen LogP contribution is -2.19. The third-order valence-electron chi connectivity index (χ3n) is 3.04. The van der Waals surface area contributed by atoms with E-state index in [1.165, 1.54) is 0 Å². The number of rotatable bonds is 3. The van der Waals surface area contributed by atoms with Gasteiger partial charge in [0.15, 0.2) is 0 Å². The molecule has 0 amide bonds. The summed E-state index contributed by atoms with van der Waals surface area (Å²) in [5.74, 6) is -0.0591. The van der Waals surface area contributed by atoms with Crippen LogP contribution < -0.4 is 0 Å². The fraction of sp³-hybridized carbons (Fsp3) is 0.538. The molecule has 0 atom stereocenters. The Balaban J connectivity index is 3.30. The molecule has 0 bridgehead atoms. The summed E-state index contributed by atoms with van der Waals surface area (Å²) in [6.45, 7) is 8.38. The molecule has 0 aromatic heterocycles. The van der Waals surface area contributed by atoms with Gasteiger partial charge >= 0.3 is 0 Å². The van der Waals surface area contributed by atoms with Crippen molar-refractivity contribution in [3.63, 3.8) is 0 Å². The lowest BCUT2D eigenvalue weighted by atomic mass is 9.79. The molecule has 0 radical (unpaired) electrons. The van der Waals surface area contributed by atoms with Crippen molar-refractivity contribution in [2.45, 2.75) is 46.0 Å². The Bertz CT molecular complexity index is 313. The van der Waals surface area contributed by atoms with E-state index in [2.05, 4.69) is 27.7 Å². The first kappa shape index (κ1) is 11.2. The standard InChI is InChI=1S/C13H19F/c1-5-10-8-7-9-11(14)12(10)13(3,4)6-2/h7-9H,5-6H2,1-4H3. The highest BCUT2D eigenvalue weighted by molar-refractivity contribution is 5.34. The Labute approximate surface area is 86.2 Å². The van der Waals surface area contributed by atoms with Gasteiger partial charge in [-0.2, -0.15) is 0 Å². The van der Waals surface area contributed by atoms with E-state index in [0.717, 1.165) is 24.0 Å². The van der Waals surface area contributed by atoms with Crippen LogP contribution in [-0.4, -0.2) is 0 Å². The summed E-state index contributed by atoms with van der Waals surface area (Å²) in [7, 11) is 0. The maximum absolute atomic E-state index is 13.7. The zero-order valence-corrected chi connectivity index (χ0v) is 9.52. The maximum Gasteiger partial charge on any atom is 0.127 e. The zero-order valence-electron chi connectivity index (χ0n) is 9.52. The van der Waals surface area contributed by atoms with Gasteiger partial charge in [-0.05, 0) is 35.4 Å². The molecule has 0 fully saturated rings. The van der Waals surface area contributed by atoms with Crippen molar-refractivity contribution < 1.29 is 4.39 Å². The predicted molar refractivity (Wildman–Crippen MR) is 59.1 cm³/mol. The van der Waals surface area contributed by atoms with Crippen LogP contribution in [0.2, 0.25) is 0 Å². The van der Waals surface area contributed by atoms with Gasteiger partial charge in [-0.15, -0.1) is 0 Å². The largest absolute Gasteiger partial charge is 0.207 e. The highest BCUT2D eigenvalue weighted by atomic mass is 19.1. The number of halogens is 1. The number of benzene rings is 1.